The van der Waals surface area contributed by atoms with Crippen LogP contribution in [-0.4, -0.2) is 18.4 Å². The van der Waals surface area contributed by atoms with E-state index >= 15 is 0 Å². The van der Waals surface area contributed by atoms with Gasteiger partial charge in [0, 0.05) is 30.8 Å². The maximum absolute atomic E-state index is 12.4. The van der Waals surface area contributed by atoms with Crippen molar-refractivity contribution in [3.8, 4) is 0 Å². The lowest BCUT2D eigenvalue weighted by atomic mass is 9.86. The van der Waals surface area contributed by atoms with Crippen molar-refractivity contribution in [1.29, 1.82) is 0 Å². The molecule has 4 rings (SSSR count). The summed E-state index contributed by atoms with van der Waals surface area (Å²) < 4.78 is 0. The Kier molecular flexibility index (Phi) is 3.83. The number of nitrogens with zero attached hydrogens (tertiary/aromatic N) is 1. The Morgan fingerprint density at radius 1 is 1.26 bits per heavy atom. The zero-order valence-electron chi connectivity index (χ0n) is 13.5. The first-order valence-corrected chi connectivity index (χ1v) is 8.89. The molecule has 3 atom stereocenters. The van der Waals surface area contributed by atoms with Crippen LogP contribution in [0.5, 0.6) is 0 Å². The fourth-order valence-electron chi connectivity index (χ4n) is 4.75. The van der Waals surface area contributed by atoms with Crippen molar-refractivity contribution in [2.24, 2.45) is 17.8 Å². The molecule has 23 heavy (non-hydrogen) atoms. The lowest BCUT2D eigenvalue weighted by Gasteiger charge is -2.21. The molecule has 1 saturated heterocycles. The predicted octanol–water partition coefficient (Wildman–Crippen LogP) is 3.58. The van der Waals surface area contributed by atoms with E-state index in [1.165, 1.54) is 25.7 Å². The van der Waals surface area contributed by atoms with E-state index in [-0.39, 0.29) is 11.8 Å². The average Bonchev–Trinajstić information content (AvgIpc) is 3.24. The van der Waals surface area contributed by atoms with Gasteiger partial charge in [0.2, 0.25) is 11.8 Å². The minimum absolute atomic E-state index is 0.118. The Balaban J connectivity index is 1.38. The Hall–Kier alpha value is -1.84. The molecule has 4 heteroatoms. The zero-order valence-corrected chi connectivity index (χ0v) is 13.5. The quantitative estimate of drug-likeness (QED) is 0.924. The van der Waals surface area contributed by atoms with Gasteiger partial charge in [0.15, 0.2) is 0 Å². The fourth-order valence-corrected chi connectivity index (χ4v) is 4.75. The van der Waals surface area contributed by atoms with Gasteiger partial charge in [-0.2, -0.15) is 0 Å². The van der Waals surface area contributed by atoms with Crippen molar-refractivity contribution in [2.45, 2.75) is 44.9 Å². The Bertz CT molecular complexity index is 628. The molecular formula is C19H24N2O2. The van der Waals surface area contributed by atoms with E-state index in [4.69, 9.17) is 0 Å². The van der Waals surface area contributed by atoms with Gasteiger partial charge in [-0.05, 0) is 61.6 Å². The molecular weight excluding hydrogens is 288 g/mol. The highest BCUT2D eigenvalue weighted by atomic mass is 16.2. The first-order valence-electron chi connectivity index (χ1n) is 8.89. The van der Waals surface area contributed by atoms with E-state index < -0.39 is 0 Å². The summed E-state index contributed by atoms with van der Waals surface area (Å²) in [6.45, 7) is 0.779. The molecule has 1 N–H and O–H groups in total. The van der Waals surface area contributed by atoms with E-state index in [9.17, 15) is 9.59 Å². The molecule has 0 unspecified atom stereocenters. The van der Waals surface area contributed by atoms with Crippen molar-refractivity contribution in [1.82, 2.24) is 0 Å². The van der Waals surface area contributed by atoms with E-state index in [1.54, 1.807) is 0 Å². The molecule has 1 aliphatic heterocycles. The normalized spacial score (nSPS) is 29.3. The van der Waals surface area contributed by atoms with Crippen molar-refractivity contribution in [2.75, 3.05) is 16.8 Å². The number of benzene rings is 1. The minimum atomic E-state index is 0.118. The third-order valence-corrected chi connectivity index (χ3v) is 5.85. The van der Waals surface area contributed by atoms with Gasteiger partial charge in [0.05, 0.1) is 0 Å². The van der Waals surface area contributed by atoms with Crippen LogP contribution in [-0.2, 0) is 9.59 Å². The smallest absolute Gasteiger partial charge is 0.227 e. The van der Waals surface area contributed by atoms with E-state index in [1.807, 2.05) is 29.2 Å². The number of anilines is 2. The van der Waals surface area contributed by atoms with Crippen molar-refractivity contribution in [3.63, 3.8) is 0 Å². The number of hydrogen-bond donors (Lipinski definition) is 1. The topological polar surface area (TPSA) is 49.4 Å². The Morgan fingerprint density at radius 3 is 2.87 bits per heavy atom. The van der Waals surface area contributed by atoms with Crippen LogP contribution in [0.1, 0.15) is 44.9 Å². The summed E-state index contributed by atoms with van der Waals surface area (Å²) in [6.07, 6.45) is 7.45. The zero-order chi connectivity index (χ0) is 15.8. The summed E-state index contributed by atoms with van der Waals surface area (Å²) in [6, 6.07) is 7.67. The maximum Gasteiger partial charge on any atom is 0.227 e. The molecule has 1 heterocycles. The van der Waals surface area contributed by atoms with Crippen LogP contribution < -0.4 is 10.2 Å². The van der Waals surface area contributed by atoms with E-state index in [2.05, 4.69) is 5.32 Å². The molecule has 122 valence electrons. The molecule has 2 saturated carbocycles. The SMILES string of the molecule is O=C(C[C@@H]1C[C@H]2CC[C@@H]1C2)Nc1cccc(N2CCCC2=O)c1. The first-order chi connectivity index (χ1) is 11.2. The molecule has 3 aliphatic rings. The second-order valence-corrected chi connectivity index (χ2v) is 7.39. The van der Waals surface area contributed by atoms with Gasteiger partial charge >= 0.3 is 0 Å². The van der Waals surface area contributed by atoms with E-state index in [0.29, 0.717) is 18.8 Å². The van der Waals surface area contributed by atoms with Gasteiger partial charge in [-0.1, -0.05) is 12.5 Å². The summed E-state index contributed by atoms with van der Waals surface area (Å²) >= 11 is 0. The lowest BCUT2D eigenvalue weighted by molar-refractivity contribution is -0.118. The number of carbonyl (C=O) groups excluding carboxylic acids is 2. The molecule has 0 spiro atoms. The van der Waals surface area contributed by atoms with Crippen LogP contribution in [0, 0.1) is 17.8 Å². The lowest BCUT2D eigenvalue weighted by Crippen LogP contribution is -2.24. The summed E-state index contributed by atoms with van der Waals surface area (Å²) in [5.41, 5.74) is 1.69. The highest BCUT2D eigenvalue weighted by Gasteiger charge is 2.40. The van der Waals surface area contributed by atoms with Crippen molar-refractivity contribution >= 4 is 23.2 Å². The van der Waals surface area contributed by atoms with Crippen LogP contribution in [0.25, 0.3) is 0 Å². The van der Waals surface area contributed by atoms with Gasteiger partial charge in [-0.3, -0.25) is 9.59 Å². The molecule has 3 fully saturated rings. The van der Waals surface area contributed by atoms with Crippen LogP contribution >= 0.6 is 0 Å². The molecule has 2 amide bonds. The molecule has 0 radical (unpaired) electrons. The number of rotatable bonds is 4. The van der Waals surface area contributed by atoms with Crippen LogP contribution in [0.15, 0.2) is 24.3 Å². The molecule has 4 nitrogen and oxygen atoms in total. The minimum Gasteiger partial charge on any atom is -0.326 e. The predicted molar refractivity (Wildman–Crippen MR) is 90.2 cm³/mol. The summed E-state index contributed by atoms with van der Waals surface area (Å²) in [5.74, 6) is 2.53. The van der Waals surface area contributed by atoms with Gasteiger partial charge in [-0.15, -0.1) is 0 Å². The second kappa shape index (κ2) is 5.99. The number of nitrogens with one attached hydrogen (secondary N) is 1. The molecule has 2 bridgehead atoms. The van der Waals surface area contributed by atoms with Crippen LogP contribution in [0.4, 0.5) is 11.4 Å². The number of fused-ring (bicyclic) bond motifs is 2. The fraction of sp³-hybridized carbons (Fsp3) is 0.579. The van der Waals surface area contributed by atoms with Gasteiger partial charge in [0.1, 0.15) is 0 Å². The number of amides is 2. The summed E-state index contributed by atoms with van der Waals surface area (Å²) in [7, 11) is 0. The molecule has 2 aliphatic carbocycles. The highest BCUT2D eigenvalue weighted by Crippen LogP contribution is 2.49. The largest absolute Gasteiger partial charge is 0.326 e. The van der Waals surface area contributed by atoms with Gasteiger partial charge in [0.25, 0.3) is 0 Å². The highest BCUT2D eigenvalue weighted by molar-refractivity contribution is 5.97. The van der Waals surface area contributed by atoms with E-state index in [0.717, 1.165) is 36.2 Å². The third kappa shape index (κ3) is 2.99. The standard InChI is InChI=1S/C19H24N2O2/c22-18(11-15-10-13-6-7-14(15)9-13)20-16-3-1-4-17(12-16)21-8-2-5-19(21)23/h1,3-4,12-15H,2,5-11H2,(H,20,22)/t13-,14+,15-/m0/s1. The van der Waals surface area contributed by atoms with Gasteiger partial charge < -0.3 is 10.2 Å². The third-order valence-electron chi connectivity index (χ3n) is 5.85. The van der Waals surface area contributed by atoms with Crippen molar-refractivity contribution in [3.05, 3.63) is 24.3 Å². The Labute approximate surface area is 137 Å². The molecule has 1 aromatic carbocycles. The van der Waals surface area contributed by atoms with Gasteiger partial charge in [-0.25, -0.2) is 0 Å². The Morgan fingerprint density at radius 2 is 2.17 bits per heavy atom. The van der Waals surface area contributed by atoms with Crippen molar-refractivity contribution < 1.29 is 9.59 Å². The monoisotopic (exact) mass is 312 g/mol. The maximum atomic E-state index is 12.4. The molecule has 0 aromatic heterocycles. The number of carbonyl (C=O) groups is 2. The van der Waals surface area contributed by atoms with Crippen LogP contribution in [0.2, 0.25) is 0 Å². The summed E-state index contributed by atoms with van der Waals surface area (Å²) in [4.78, 5) is 26.0. The first kappa shape index (κ1) is 14.7. The summed E-state index contributed by atoms with van der Waals surface area (Å²) in [5, 5.41) is 3.03. The van der Waals surface area contributed by atoms with Crippen LogP contribution in [0.3, 0.4) is 0 Å². The average molecular weight is 312 g/mol. The number of hydrogen-bond acceptors (Lipinski definition) is 2. The molecule has 1 aromatic rings. The second-order valence-electron chi connectivity index (χ2n) is 7.39.